The molecule has 0 radical (unpaired) electrons. The van der Waals surface area contributed by atoms with Crippen molar-refractivity contribution in [3.63, 3.8) is 0 Å². The number of phenols is 1. The second-order valence-electron chi connectivity index (χ2n) is 4.89. The third-order valence-corrected chi connectivity index (χ3v) is 3.30. The predicted octanol–water partition coefficient (Wildman–Crippen LogP) is 1.87. The Morgan fingerprint density at radius 3 is 2.57 bits per heavy atom. The van der Waals surface area contributed by atoms with Crippen LogP contribution in [0.1, 0.15) is 10.4 Å². The summed E-state index contributed by atoms with van der Waals surface area (Å²) in [6.07, 6.45) is -0.841. The van der Waals surface area contributed by atoms with Crippen LogP contribution in [0.15, 0.2) is 42.5 Å². The molecule has 3 N–H and O–H groups in total. The van der Waals surface area contributed by atoms with Crippen molar-refractivity contribution >= 4 is 17.6 Å². The average Bonchev–Trinajstić information content (AvgIpc) is 2.54. The maximum Gasteiger partial charge on any atom is 0.339 e. The molecule has 7 nitrogen and oxygen atoms in total. The van der Waals surface area contributed by atoms with E-state index < -0.39 is 23.7 Å². The zero-order valence-electron chi connectivity index (χ0n) is 11.9. The summed E-state index contributed by atoms with van der Waals surface area (Å²) < 4.78 is 11.0. The molecule has 2 aromatic rings. The molecule has 7 heteroatoms. The van der Waals surface area contributed by atoms with E-state index in [2.05, 4.69) is 5.32 Å². The van der Waals surface area contributed by atoms with Crippen molar-refractivity contribution < 1.29 is 29.3 Å². The second kappa shape index (κ2) is 5.88. The number of carboxylic acid groups (broad SMARTS) is 1. The number of hydrogen-bond acceptors (Lipinski definition) is 5. The molecule has 0 spiro atoms. The molecule has 0 fully saturated rings. The lowest BCUT2D eigenvalue weighted by Gasteiger charge is -2.25. The number of amides is 1. The van der Waals surface area contributed by atoms with Gasteiger partial charge in [-0.2, -0.15) is 0 Å². The third-order valence-electron chi connectivity index (χ3n) is 3.30. The van der Waals surface area contributed by atoms with Crippen molar-refractivity contribution in [2.24, 2.45) is 0 Å². The second-order valence-corrected chi connectivity index (χ2v) is 4.89. The number of carbonyl (C=O) groups is 2. The summed E-state index contributed by atoms with van der Waals surface area (Å²) in [7, 11) is 0. The van der Waals surface area contributed by atoms with Gasteiger partial charge in [0.15, 0.2) is 11.5 Å². The van der Waals surface area contributed by atoms with Gasteiger partial charge in [0, 0.05) is 11.8 Å². The Bertz CT molecular complexity index is 773. The molecule has 0 bridgehead atoms. The summed E-state index contributed by atoms with van der Waals surface area (Å²) in [5.74, 6) is -1.09. The molecule has 1 amide bonds. The lowest BCUT2D eigenvalue weighted by atomic mass is 10.1. The Labute approximate surface area is 131 Å². The van der Waals surface area contributed by atoms with Crippen molar-refractivity contribution in [1.29, 1.82) is 0 Å². The van der Waals surface area contributed by atoms with E-state index in [1.807, 2.05) is 0 Å². The van der Waals surface area contributed by atoms with Crippen molar-refractivity contribution in [1.82, 2.24) is 0 Å². The standard InChI is InChI=1S/C16H13NO6/c18-11-7-9(5-6-10(11)16(20)21)17-15(19)14-8-22-12-3-1-2-4-13(12)23-14/h1-7,14,18H,8H2,(H,17,19)(H,20,21). The quantitative estimate of drug-likeness (QED) is 0.798. The number of nitrogens with one attached hydrogen (secondary N) is 1. The molecule has 1 aliphatic rings. The zero-order chi connectivity index (χ0) is 16.4. The van der Waals surface area contributed by atoms with Gasteiger partial charge in [-0.05, 0) is 24.3 Å². The molecule has 118 valence electrons. The topological polar surface area (TPSA) is 105 Å². The van der Waals surface area contributed by atoms with E-state index in [-0.39, 0.29) is 17.9 Å². The highest BCUT2D eigenvalue weighted by molar-refractivity contribution is 5.96. The predicted molar refractivity (Wildman–Crippen MR) is 80.0 cm³/mol. The Kier molecular flexibility index (Phi) is 3.76. The summed E-state index contributed by atoms with van der Waals surface area (Å²) in [5, 5.41) is 21.0. The summed E-state index contributed by atoms with van der Waals surface area (Å²) in [5.41, 5.74) is 0.0223. The minimum atomic E-state index is -1.25. The van der Waals surface area contributed by atoms with Gasteiger partial charge in [-0.3, -0.25) is 4.79 Å². The van der Waals surface area contributed by atoms with Crippen LogP contribution >= 0.6 is 0 Å². The van der Waals surface area contributed by atoms with Crippen LogP contribution in [-0.4, -0.2) is 34.8 Å². The highest BCUT2D eigenvalue weighted by Gasteiger charge is 2.27. The molecule has 23 heavy (non-hydrogen) atoms. The van der Waals surface area contributed by atoms with Gasteiger partial charge in [-0.15, -0.1) is 0 Å². The Morgan fingerprint density at radius 2 is 1.87 bits per heavy atom. The lowest BCUT2D eigenvalue weighted by Crippen LogP contribution is -2.40. The zero-order valence-corrected chi connectivity index (χ0v) is 11.9. The fourth-order valence-electron chi connectivity index (χ4n) is 2.16. The number of para-hydroxylation sites is 2. The van der Waals surface area contributed by atoms with E-state index in [1.54, 1.807) is 24.3 Å². The number of carboxylic acids is 1. The first-order valence-corrected chi connectivity index (χ1v) is 6.80. The first kappa shape index (κ1) is 14.7. The van der Waals surface area contributed by atoms with E-state index in [0.717, 1.165) is 0 Å². The Hall–Kier alpha value is -3.22. The van der Waals surface area contributed by atoms with Crippen LogP contribution in [0.5, 0.6) is 17.2 Å². The number of aromatic carboxylic acids is 1. The van der Waals surface area contributed by atoms with Crippen molar-refractivity contribution in [3.8, 4) is 17.2 Å². The van der Waals surface area contributed by atoms with E-state index in [9.17, 15) is 14.7 Å². The van der Waals surface area contributed by atoms with E-state index in [4.69, 9.17) is 14.6 Å². The molecule has 1 unspecified atom stereocenters. The van der Waals surface area contributed by atoms with Gasteiger partial charge in [0.05, 0.1) is 0 Å². The van der Waals surface area contributed by atoms with Gasteiger partial charge in [0.2, 0.25) is 6.10 Å². The number of anilines is 1. The maximum atomic E-state index is 12.2. The van der Waals surface area contributed by atoms with Crippen LogP contribution in [0.4, 0.5) is 5.69 Å². The molecule has 1 heterocycles. The number of ether oxygens (including phenoxy) is 2. The molecular weight excluding hydrogens is 302 g/mol. The number of benzene rings is 2. The molecule has 0 saturated heterocycles. The van der Waals surface area contributed by atoms with Crippen LogP contribution in [0.2, 0.25) is 0 Å². The van der Waals surface area contributed by atoms with Gasteiger partial charge in [-0.1, -0.05) is 12.1 Å². The van der Waals surface area contributed by atoms with Gasteiger partial charge >= 0.3 is 5.97 Å². The molecule has 0 aliphatic carbocycles. The fraction of sp³-hybridized carbons (Fsp3) is 0.125. The SMILES string of the molecule is O=C(O)c1ccc(NC(=O)C2COc3ccccc3O2)cc1O. The van der Waals surface area contributed by atoms with Crippen LogP contribution in [0.25, 0.3) is 0 Å². The normalized spacial score (nSPS) is 15.7. The molecule has 0 saturated carbocycles. The van der Waals surface area contributed by atoms with Crippen molar-refractivity contribution in [3.05, 3.63) is 48.0 Å². The number of hydrogen-bond donors (Lipinski definition) is 3. The molecule has 2 aromatic carbocycles. The summed E-state index contributed by atoms with van der Waals surface area (Å²) in [6.45, 7) is 0.0576. The van der Waals surface area contributed by atoms with Crippen LogP contribution in [0, 0.1) is 0 Å². The smallest absolute Gasteiger partial charge is 0.339 e. The van der Waals surface area contributed by atoms with Gasteiger partial charge in [-0.25, -0.2) is 4.79 Å². The number of carbonyl (C=O) groups excluding carboxylic acids is 1. The molecule has 3 rings (SSSR count). The highest BCUT2D eigenvalue weighted by Crippen LogP contribution is 2.31. The van der Waals surface area contributed by atoms with Crippen molar-refractivity contribution in [2.45, 2.75) is 6.10 Å². The summed E-state index contributed by atoms with van der Waals surface area (Å²) in [4.78, 5) is 23.0. The van der Waals surface area contributed by atoms with E-state index in [0.29, 0.717) is 11.5 Å². The fourth-order valence-corrected chi connectivity index (χ4v) is 2.16. The van der Waals surface area contributed by atoms with Crippen molar-refractivity contribution in [2.75, 3.05) is 11.9 Å². The lowest BCUT2D eigenvalue weighted by molar-refractivity contribution is -0.125. The van der Waals surface area contributed by atoms with Gasteiger partial charge in [0.25, 0.3) is 5.91 Å². The highest BCUT2D eigenvalue weighted by atomic mass is 16.6. The summed E-state index contributed by atoms with van der Waals surface area (Å²) in [6, 6.07) is 10.8. The molecule has 1 aliphatic heterocycles. The average molecular weight is 315 g/mol. The van der Waals surface area contributed by atoms with Gasteiger partial charge < -0.3 is 25.0 Å². The minimum Gasteiger partial charge on any atom is -0.507 e. The molecule has 0 aromatic heterocycles. The number of rotatable bonds is 3. The largest absolute Gasteiger partial charge is 0.507 e. The first-order valence-electron chi connectivity index (χ1n) is 6.80. The van der Waals surface area contributed by atoms with Crippen LogP contribution in [-0.2, 0) is 4.79 Å². The Balaban J connectivity index is 1.71. The monoisotopic (exact) mass is 315 g/mol. The number of aromatic hydroxyl groups is 1. The summed E-state index contributed by atoms with van der Waals surface area (Å²) >= 11 is 0. The maximum absolute atomic E-state index is 12.2. The van der Waals surface area contributed by atoms with E-state index >= 15 is 0 Å². The van der Waals surface area contributed by atoms with Crippen LogP contribution < -0.4 is 14.8 Å². The van der Waals surface area contributed by atoms with Gasteiger partial charge in [0.1, 0.15) is 17.9 Å². The first-order chi connectivity index (χ1) is 11.0. The third kappa shape index (κ3) is 3.03. The van der Waals surface area contributed by atoms with E-state index in [1.165, 1.54) is 18.2 Å². The Morgan fingerprint density at radius 1 is 1.13 bits per heavy atom. The minimum absolute atomic E-state index is 0.0576. The number of fused-ring (bicyclic) bond motifs is 1. The molecule has 1 atom stereocenters. The molecular formula is C16H13NO6. The van der Waals surface area contributed by atoms with Crippen LogP contribution in [0.3, 0.4) is 0 Å².